The second-order valence-corrected chi connectivity index (χ2v) is 5.38. The summed E-state index contributed by atoms with van der Waals surface area (Å²) in [6, 6.07) is 4.66. The number of benzene rings is 1. The molecule has 0 spiro atoms. The Balaban J connectivity index is 2.12. The summed E-state index contributed by atoms with van der Waals surface area (Å²) in [6.07, 6.45) is 0. The third kappa shape index (κ3) is 2.04. The van der Waals surface area contributed by atoms with Crippen LogP contribution in [0.4, 0.5) is 0 Å². The van der Waals surface area contributed by atoms with E-state index in [4.69, 9.17) is 5.11 Å². The van der Waals surface area contributed by atoms with Gasteiger partial charge in [-0.1, -0.05) is 0 Å². The van der Waals surface area contributed by atoms with Crippen molar-refractivity contribution in [3.05, 3.63) is 56.1 Å². The quantitative estimate of drug-likeness (QED) is 0.777. The Morgan fingerprint density at radius 2 is 2.20 bits per heavy atom. The Kier molecular flexibility index (Phi) is 2.94. The summed E-state index contributed by atoms with van der Waals surface area (Å²) in [5, 5.41) is 13.0. The summed E-state index contributed by atoms with van der Waals surface area (Å²) in [6.45, 7) is 2.49. The Labute approximate surface area is 118 Å². The molecule has 102 valence electrons. The molecule has 0 saturated heterocycles. The smallest absolute Gasteiger partial charge is 0.335 e. The average Bonchev–Trinajstić information content (AvgIpc) is 2.94. The van der Waals surface area contributed by atoms with Crippen LogP contribution in [0.15, 0.2) is 33.8 Å². The second kappa shape index (κ2) is 4.64. The topological polar surface area (TPSA) is 75.1 Å². The van der Waals surface area contributed by atoms with Gasteiger partial charge in [0, 0.05) is 0 Å². The van der Waals surface area contributed by atoms with E-state index in [1.165, 1.54) is 12.1 Å². The Morgan fingerprint density at radius 1 is 1.40 bits per heavy atom. The molecule has 0 aliphatic rings. The zero-order chi connectivity index (χ0) is 14.3. The van der Waals surface area contributed by atoms with Gasteiger partial charge < -0.3 is 10.1 Å². The summed E-state index contributed by atoms with van der Waals surface area (Å²) < 4.78 is 1.62. The predicted octanol–water partition coefficient (Wildman–Crippen LogP) is 2.45. The highest BCUT2D eigenvalue weighted by molar-refractivity contribution is 7.08. The average molecular weight is 288 g/mol. The number of fused-ring (bicyclic) bond motifs is 1. The molecule has 1 aromatic carbocycles. The molecule has 0 bridgehead atoms. The SMILES string of the molecule is Cc1cscc1Cn1c(=O)[nH]c2cc(C(=O)O)ccc21. The Morgan fingerprint density at radius 3 is 2.85 bits per heavy atom. The number of imidazole rings is 1. The largest absolute Gasteiger partial charge is 0.478 e. The van der Waals surface area contributed by atoms with Crippen molar-refractivity contribution in [2.24, 2.45) is 0 Å². The summed E-state index contributed by atoms with van der Waals surface area (Å²) in [4.78, 5) is 25.7. The van der Waals surface area contributed by atoms with Crippen molar-refractivity contribution >= 4 is 28.3 Å². The molecular formula is C14H12N2O3S. The number of rotatable bonds is 3. The van der Waals surface area contributed by atoms with Crippen LogP contribution in [0, 0.1) is 6.92 Å². The van der Waals surface area contributed by atoms with Gasteiger partial charge in [0.25, 0.3) is 0 Å². The lowest BCUT2D eigenvalue weighted by molar-refractivity contribution is 0.0697. The van der Waals surface area contributed by atoms with Crippen molar-refractivity contribution in [3.8, 4) is 0 Å². The molecule has 20 heavy (non-hydrogen) atoms. The molecule has 2 N–H and O–H groups in total. The molecule has 6 heteroatoms. The highest BCUT2D eigenvalue weighted by atomic mass is 32.1. The van der Waals surface area contributed by atoms with Crippen LogP contribution < -0.4 is 5.69 Å². The number of aromatic amines is 1. The lowest BCUT2D eigenvalue weighted by Crippen LogP contribution is -2.17. The van der Waals surface area contributed by atoms with Gasteiger partial charge in [0.15, 0.2) is 0 Å². The molecule has 0 aliphatic heterocycles. The van der Waals surface area contributed by atoms with Gasteiger partial charge in [-0.05, 0) is 47.0 Å². The van der Waals surface area contributed by atoms with Crippen LogP contribution in [0.1, 0.15) is 21.5 Å². The zero-order valence-electron chi connectivity index (χ0n) is 10.7. The lowest BCUT2D eigenvalue weighted by atomic mass is 10.2. The van der Waals surface area contributed by atoms with Gasteiger partial charge >= 0.3 is 11.7 Å². The maximum Gasteiger partial charge on any atom is 0.335 e. The fourth-order valence-electron chi connectivity index (χ4n) is 2.17. The van der Waals surface area contributed by atoms with E-state index in [1.807, 2.05) is 17.7 Å². The van der Waals surface area contributed by atoms with Gasteiger partial charge in [-0.15, -0.1) is 0 Å². The number of aromatic nitrogens is 2. The second-order valence-electron chi connectivity index (χ2n) is 4.63. The molecule has 2 heterocycles. The molecular weight excluding hydrogens is 276 g/mol. The minimum Gasteiger partial charge on any atom is -0.478 e. The number of hydrogen-bond acceptors (Lipinski definition) is 3. The fourth-order valence-corrected chi connectivity index (χ4v) is 3.02. The van der Waals surface area contributed by atoms with E-state index in [0.29, 0.717) is 17.6 Å². The molecule has 0 radical (unpaired) electrons. The summed E-state index contributed by atoms with van der Waals surface area (Å²) in [5.74, 6) is -1.01. The molecule has 2 aromatic heterocycles. The van der Waals surface area contributed by atoms with Crippen molar-refractivity contribution in [2.75, 3.05) is 0 Å². The number of aryl methyl sites for hydroxylation is 1. The molecule has 0 amide bonds. The van der Waals surface area contributed by atoms with E-state index in [0.717, 1.165) is 11.1 Å². The zero-order valence-corrected chi connectivity index (χ0v) is 11.5. The van der Waals surface area contributed by atoms with Gasteiger partial charge in [-0.3, -0.25) is 4.57 Å². The first-order valence-electron chi connectivity index (χ1n) is 6.04. The Hall–Kier alpha value is -2.34. The van der Waals surface area contributed by atoms with Crippen molar-refractivity contribution in [1.29, 1.82) is 0 Å². The van der Waals surface area contributed by atoms with Gasteiger partial charge in [-0.2, -0.15) is 11.3 Å². The van der Waals surface area contributed by atoms with E-state index < -0.39 is 5.97 Å². The number of nitrogens with zero attached hydrogens (tertiary/aromatic N) is 1. The van der Waals surface area contributed by atoms with Crippen LogP contribution in [0.2, 0.25) is 0 Å². The number of thiophene rings is 1. The van der Waals surface area contributed by atoms with Crippen LogP contribution in [0.25, 0.3) is 11.0 Å². The summed E-state index contributed by atoms with van der Waals surface area (Å²) in [5.41, 5.74) is 3.44. The number of H-pyrrole nitrogens is 1. The van der Waals surface area contributed by atoms with Gasteiger partial charge in [0.1, 0.15) is 0 Å². The molecule has 0 aliphatic carbocycles. The maximum atomic E-state index is 12.0. The number of carboxylic acids is 1. The van der Waals surface area contributed by atoms with E-state index >= 15 is 0 Å². The fraction of sp³-hybridized carbons (Fsp3) is 0.143. The summed E-state index contributed by atoms with van der Waals surface area (Å²) in [7, 11) is 0. The first kappa shape index (κ1) is 12.7. The van der Waals surface area contributed by atoms with Crippen molar-refractivity contribution in [2.45, 2.75) is 13.5 Å². The van der Waals surface area contributed by atoms with E-state index in [1.54, 1.807) is 22.0 Å². The van der Waals surface area contributed by atoms with E-state index in [2.05, 4.69) is 4.98 Å². The molecule has 0 saturated carbocycles. The van der Waals surface area contributed by atoms with Gasteiger partial charge in [-0.25, -0.2) is 9.59 Å². The van der Waals surface area contributed by atoms with Crippen LogP contribution >= 0.6 is 11.3 Å². The number of nitrogens with one attached hydrogen (secondary N) is 1. The third-order valence-corrected chi connectivity index (χ3v) is 4.22. The van der Waals surface area contributed by atoms with Gasteiger partial charge in [0.2, 0.25) is 0 Å². The number of aromatic carboxylic acids is 1. The van der Waals surface area contributed by atoms with Crippen molar-refractivity contribution < 1.29 is 9.90 Å². The van der Waals surface area contributed by atoms with Crippen LogP contribution in [0.5, 0.6) is 0 Å². The minimum absolute atomic E-state index is 0.164. The van der Waals surface area contributed by atoms with Crippen molar-refractivity contribution in [1.82, 2.24) is 9.55 Å². The third-order valence-electron chi connectivity index (χ3n) is 3.31. The number of carbonyl (C=O) groups is 1. The van der Waals surface area contributed by atoms with Crippen LogP contribution in [-0.4, -0.2) is 20.6 Å². The molecule has 5 nitrogen and oxygen atoms in total. The molecule has 0 atom stereocenters. The molecule has 3 rings (SSSR count). The normalized spacial score (nSPS) is 11.1. The van der Waals surface area contributed by atoms with Gasteiger partial charge in [0.05, 0.1) is 23.1 Å². The summed E-state index contributed by atoms with van der Waals surface area (Å²) >= 11 is 1.60. The first-order valence-corrected chi connectivity index (χ1v) is 6.98. The van der Waals surface area contributed by atoms with E-state index in [-0.39, 0.29) is 11.3 Å². The van der Waals surface area contributed by atoms with E-state index in [9.17, 15) is 9.59 Å². The number of carboxylic acid groups (broad SMARTS) is 1. The lowest BCUT2D eigenvalue weighted by Gasteiger charge is -2.03. The number of hydrogen-bond donors (Lipinski definition) is 2. The Bertz CT molecular complexity index is 857. The minimum atomic E-state index is -1.01. The standard InChI is InChI=1S/C14H12N2O3S/c1-8-6-20-7-10(8)5-16-12-3-2-9(13(17)18)4-11(12)15-14(16)19/h2-4,6-7H,5H2,1H3,(H,15,19)(H,17,18). The highest BCUT2D eigenvalue weighted by Gasteiger charge is 2.11. The molecule has 0 unspecified atom stereocenters. The highest BCUT2D eigenvalue weighted by Crippen LogP contribution is 2.18. The monoisotopic (exact) mass is 288 g/mol. The van der Waals surface area contributed by atoms with Crippen LogP contribution in [0.3, 0.4) is 0 Å². The first-order chi connectivity index (χ1) is 9.56. The molecule has 3 aromatic rings. The predicted molar refractivity (Wildman–Crippen MR) is 77.7 cm³/mol. The van der Waals surface area contributed by atoms with Crippen LogP contribution in [-0.2, 0) is 6.54 Å². The maximum absolute atomic E-state index is 12.0. The van der Waals surface area contributed by atoms with Crippen molar-refractivity contribution in [3.63, 3.8) is 0 Å². The molecule has 0 fully saturated rings.